The number of halogens is 1. The van der Waals surface area contributed by atoms with E-state index in [0.717, 1.165) is 36.0 Å². The Kier molecular flexibility index (Phi) is 4.17. The maximum atomic E-state index is 13.0. The molecule has 1 unspecified atom stereocenters. The monoisotopic (exact) mass is 310 g/mol. The van der Waals surface area contributed by atoms with Crippen molar-refractivity contribution in [3.63, 3.8) is 0 Å². The predicted molar refractivity (Wildman–Crippen MR) is 92.1 cm³/mol. The minimum atomic E-state index is -0.405. The average molecular weight is 311 g/mol. The van der Waals surface area contributed by atoms with E-state index in [1.165, 1.54) is 0 Å². The van der Waals surface area contributed by atoms with Crippen molar-refractivity contribution in [2.45, 2.75) is 31.6 Å². The first-order chi connectivity index (χ1) is 10.6. The fraction of sp³-hybridized carbons (Fsp3) is 0.250. The third-order valence-corrected chi connectivity index (χ3v) is 4.79. The van der Waals surface area contributed by atoms with E-state index < -0.39 is 5.41 Å². The van der Waals surface area contributed by atoms with Gasteiger partial charge in [-0.2, -0.15) is 0 Å². The quantitative estimate of drug-likeness (QED) is 0.675. The van der Waals surface area contributed by atoms with Crippen LogP contribution < -0.4 is 0 Å². The van der Waals surface area contributed by atoms with Gasteiger partial charge in [-0.25, -0.2) is 0 Å². The molecule has 0 aromatic heterocycles. The van der Waals surface area contributed by atoms with Crippen molar-refractivity contribution in [3.05, 3.63) is 76.3 Å². The number of ketones is 1. The summed E-state index contributed by atoms with van der Waals surface area (Å²) in [4.78, 5) is 13.0. The molecule has 1 fully saturated rings. The van der Waals surface area contributed by atoms with Crippen molar-refractivity contribution in [1.82, 2.24) is 0 Å². The van der Waals surface area contributed by atoms with Crippen LogP contribution in [0.1, 0.15) is 37.3 Å². The molecule has 1 aliphatic carbocycles. The minimum absolute atomic E-state index is 0.250. The van der Waals surface area contributed by atoms with E-state index in [2.05, 4.69) is 19.1 Å². The number of carbonyl (C=O) groups excluding carboxylic acids is 1. The van der Waals surface area contributed by atoms with Crippen LogP contribution in [0.5, 0.6) is 0 Å². The van der Waals surface area contributed by atoms with E-state index in [-0.39, 0.29) is 5.78 Å². The molecule has 0 bridgehead atoms. The van der Waals surface area contributed by atoms with E-state index in [1.807, 2.05) is 48.5 Å². The second-order valence-electron chi connectivity index (χ2n) is 6.10. The van der Waals surface area contributed by atoms with Crippen molar-refractivity contribution in [2.24, 2.45) is 0 Å². The van der Waals surface area contributed by atoms with Gasteiger partial charge in [0.15, 0.2) is 5.78 Å². The Bertz CT molecular complexity index is 700. The SMILES string of the molecule is CC1(c2ccccc2)CCC/C(=C\c2ccc(Cl)cc2)C1=O. The molecule has 3 rings (SSSR count). The molecule has 0 aliphatic heterocycles. The third-order valence-electron chi connectivity index (χ3n) is 4.54. The number of hydrogen-bond donors (Lipinski definition) is 0. The molecule has 0 N–H and O–H groups in total. The van der Waals surface area contributed by atoms with E-state index in [4.69, 9.17) is 11.6 Å². The van der Waals surface area contributed by atoms with Crippen LogP contribution in [-0.2, 0) is 10.2 Å². The smallest absolute Gasteiger partial charge is 0.169 e. The summed E-state index contributed by atoms with van der Waals surface area (Å²) in [5, 5.41) is 0.714. The fourth-order valence-electron chi connectivity index (χ4n) is 3.19. The summed E-state index contributed by atoms with van der Waals surface area (Å²) in [6.07, 6.45) is 4.81. The van der Waals surface area contributed by atoms with Crippen LogP contribution in [0.25, 0.3) is 6.08 Å². The minimum Gasteiger partial charge on any atom is -0.294 e. The maximum absolute atomic E-state index is 13.0. The van der Waals surface area contributed by atoms with E-state index in [9.17, 15) is 4.79 Å². The summed E-state index contributed by atoms with van der Waals surface area (Å²) in [5.41, 5.74) is 2.66. The molecule has 22 heavy (non-hydrogen) atoms. The highest BCUT2D eigenvalue weighted by Gasteiger charge is 2.39. The van der Waals surface area contributed by atoms with Crippen molar-refractivity contribution in [1.29, 1.82) is 0 Å². The molecule has 0 spiro atoms. The molecule has 0 radical (unpaired) electrons. The molecule has 1 atom stereocenters. The maximum Gasteiger partial charge on any atom is 0.169 e. The topological polar surface area (TPSA) is 17.1 Å². The molecule has 112 valence electrons. The Labute approximate surface area is 136 Å². The zero-order valence-corrected chi connectivity index (χ0v) is 13.4. The molecule has 2 heteroatoms. The van der Waals surface area contributed by atoms with Crippen molar-refractivity contribution < 1.29 is 4.79 Å². The zero-order chi connectivity index (χ0) is 15.6. The summed E-state index contributed by atoms with van der Waals surface area (Å²) < 4.78 is 0. The molecule has 0 saturated heterocycles. The second-order valence-corrected chi connectivity index (χ2v) is 6.54. The third kappa shape index (κ3) is 2.86. The van der Waals surface area contributed by atoms with Crippen molar-refractivity contribution in [2.75, 3.05) is 0 Å². The van der Waals surface area contributed by atoms with Crippen LogP contribution in [0.4, 0.5) is 0 Å². The largest absolute Gasteiger partial charge is 0.294 e. The van der Waals surface area contributed by atoms with Gasteiger partial charge in [0.2, 0.25) is 0 Å². The van der Waals surface area contributed by atoms with Crippen LogP contribution in [0.2, 0.25) is 5.02 Å². The summed E-state index contributed by atoms with van der Waals surface area (Å²) in [7, 11) is 0. The lowest BCUT2D eigenvalue weighted by Gasteiger charge is -2.34. The van der Waals surface area contributed by atoms with Gasteiger partial charge in [0.05, 0.1) is 5.41 Å². The van der Waals surface area contributed by atoms with Crippen molar-refractivity contribution in [3.8, 4) is 0 Å². The summed E-state index contributed by atoms with van der Waals surface area (Å²) >= 11 is 5.92. The molecule has 1 aliphatic rings. The predicted octanol–water partition coefficient (Wildman–Crippen LogP) is 5.43. The fourth-order valence-corrected chi connectivity index (χ4v) is 3.32. The standard InChI is InChI=1S/C20H19ClO/c1-20(17-7-3-2-4-8-17)13-5-6-16(19(20)22)14-15-9-11-18(21)12-10-15/h2-4,7-12,14H,5-6,13H2,1H3/b16-14+. The number of rotatable bonds is 2. The first kappa shape index (κ1) is 15.1. The van der Waals surface area contributed by atoms with Crippen molar-refractivity contribution >= 4 is 23.5 Å². The number of hydrogen-bond acceptors (Lipinski definition) is 1. The lowest BCUT2D eigenvalue weighted by molar-refractivity contribution is -0.121. The Morgan fingerprint density at radius 2 is 1.73 bits per heavy atom. The summed E-state index contributed by atoms with van der Waals surface area (Å²) in [6, 6.07) is 17.7. The van der Waals surface area contributed by atoms with Gasteiger partial charge in [0.1, 0.15) is 0 Å². The van der Waals surface area contributed by atoms with Gasteiger partial charge in [-0.05, 0) is 61.1 Å². The van der Waals surface area contributed by atoms with Crippen LogP contribution in [-0.4, -0.2) is 5.78 Å². The molecular formula is C20H19ClO. The Morgan fingerprint density at radius 1 is 1.05 bits per heavy atom. The summed E-state index contributed by atoms with van der Waals surface area (Å²) in [5.74, 6) is 0.250. The van der Waals surface area contributed by atoms with E-state index in [0.29, 0.717) is 5.02 Å². The number of allylic oxidation sites excluding steroid dienone is 1. The Balaban J connectivity index is 1.94. The molecule has 1 saturated carbocycles. The van der Waals surface area contributed by atoms with Gasteiger partial charge in [0.25, 0.3) is 0 Å². The van der Waals surface area contributed by atoms with Gasteiger partial charge in [-0.15, -0.1) is 0 Å². The van der Waals surface area contributed by atoms with Gasteiger partial charge in [-0.1, -0.05) is 54.1 Å². The Hall–Kier alpha value is -1.86. The molecular weight excluding hydrogens is 292 g/mol. The van der Waals surface area contributed by atoms with Crippen LogP contribution >= 0.6 is 11.6 Å². The molecule has 2 aromatic rings. The van der Waals surface area contributed by atoms with Gasteiger partial charge in [-0.3, -0.25) is 4.79 Å². The average Bonchev–Trinajstić information content (AvgIpc) is 2.55. The number of carbonyl (C=O) groups is 1. The van der Waals surface area contributed by atoms with E-state index in [1.54, 1.807) is 0 Å². The zero-order valence-electron chi connectivity index (χ0n) is 12.7. The van der Waals surface area contributed by atoms with E-state index >= 15 is 0 Å². The lowest BCUT2D eigenvalue weighted by atomic mass is 9.68. The van der Waals surface area contributed by atoms with Crippen LogP contribution in [0.15, 0.2) is 60.2 Å². The Morgan fingerprint density at radius 3 is 2.41 bits per heavy atom. The highest BCUT2D eigenvalue weighted by atomic mass is 35.5. The molecule has 0 heterocycles. The van der Waals surface area contributed by atoms with Gasteiger partial charge >= 0.3 is 0 Å². The molecule has 2 aromatic carbocycles. The number of benzene rings is 2. The highest BCUT2D eigenvalue weighted by Crippen LogP contribution is 2.39. The van der Waals surface area contributed by atoms with Gasteiger partial charge in [0, 0.05) is 5.02 Å². The molecule has 0 amide bonds. The first-order valence-corrected chi connectivity index (χ1v) is 8.04. The number of Topliss-reactive ketones (excluding diaryl/α,β-unsaturated/α-hetero) is 1. The van der Waals surface area contributed by atoms with Crippen LogP contribution in [0, 0.1) is 0 Å². The second kappa shape index (κ2) is 6.10. The van der Waals surface area contributed by atoms with Crippen LogP contribution in [0.3, 0.4) is 0 Å². The van der Waals surface area contributed by atoms with Gasteiger partial charge < -0.3 is 0 Å². The highest BCUT2D eigenvalue weighted by molar-refractivity contribution is 6.30. The lowest BCUT2D eigenvalue weighted by Crippen LogP contribution is -2.37. The normalized spacial score (nSPS) is 23.7. The molecule has 1 nitrogen and oxygen atoms in total. The summed E-state index contributed by atoms with van der Waals surface area (Å²) in [6.45, 7) is 2.07. The first-order valence-electron chi connectivity index (χ1n) is 7.66.